The molecule has 0 fully saturated rings. The summed E-state index contributed by atoms with van der Waals surface area (Å²) in [6.07, 6.45) is -0.407. The van der Waals surface area contributed by atoms with Gasteiger partial charge in [-0.15, -0.1) is 0 Å². The van der Waals surface area contributed by atoms with Crippen LogP contribution in [0.2, 0.25) is 0 Å². The van der Waals surface area contributed by atoms with Gasteiger partial charge in [0.2, 0.25) is 5.88 Å². The molecule has 0 aliphatic rings. The van der Waals surface area contributed by atoms with Crippen molar-refractivity contribution in [3.8, 4) is 17.3 Å². The van der Waals surface area contributed by atoms with Gasteiger partial charge in [-0.05, 0) is 38.1 Å². The summed E-state index contributed by atoms with van der Waals surface area (Å²) in [5.74, 6) is 0.800. The number of amides is 1. The van der Waals surface area contributed by atoms with E-state index in [0.29, 0.717) is 24.3 Å². The molecular weight excluding hydrogens is 382 g/mol. The van der Waals surface area contributed by atoms with Crippen LogP contribution in [0.1, 0.15) is 13.8 Å². The molecule has 1 heterocycles. The molecule has 128 valence electrons. The maximum atomic E-state index is 12.3. The van der Waals surface area contributed by atoms with Crippen molar-refractivity contribution in [2.24, 2.45) is 0 Å². The minimum atomic E-state index is -0.407. The van der Waals surface area contributed by atoms with E-state index in [2.05, 4.69) is 25.9 Å². The van der Waals surface area contributed by atoms with Gasteiger partial charge in [-0.3, -0.25) is 0 Å². The van der Waals surface area contributed by atoms with Crippen LogP contribution in [0, 0.1) is 0 Å². The number of nitrogens with zero attached hydrogens (tertiary/aromatic N) is 3. The molecule has 0 bridgehead atoms. The molecule has 1 aromatic heterocycles. The predicted molar refractivity (Wildman–Crippen MR) is 102 cm³/mol. The Balaban J connectivity index is 2.06. The lowest BCUT2D eigenvalue weighted by Crippen LogP contribution is -2.33. The van der Waals surface area contributed by atoms with E-state index in [0.717, 1.165) is 15.6 Å². The van der Waals surface area contributed by atoms with Gasteiger partial charge in [0.05, 0.1) is 10.9 Å². The summed E-state index contributed by atoms with van der Waals surface area (Å²) >= 11 is 3.42. The Morgan fingerprint density at radius 1 is 1.04 bits per heavy atom. The Morgan fingerprint density at radius 3 is 2.40 bits per heavy atom. The molecule has 25 heavy (non-hydrogen) atoms. The van der Waals surface area contributed by atoms with Crippen LogP contribution in [0.3, 0.4) is 0 Å². The summed E-state index contributed by atoms with van der Waals surface area (Å²) in [5, 5.41) is 0.712. The smallest absolute Gasteiger partial charge is 0.390 e. The van der Waals surface area contributed by atoms with Crippen molar-refractivity contribution in [1.29, 1.82) is 0 Å². The molecule has 0 aliphatic carbocycles. The van der Waals surface area contributed by atoms with Crippen molar-refractivity contribution in [2.45, 2.75) is 13.8 Å². The molecule has 0 atom stereocenters. The van der Waals surface area contributed by atoms with E-state index in [9.17, 15) is 4.79 Å². The minimum absolute atomic E-state index is 0.278. The largest absolute Gasteiger partial charge is 0.416 e. The van der Waals surface area contributed by atoms with E-state index in [1.165, 1.54) is 0 Å². The van der Waals surface area contributed by atoms with Gasteiger partial charge in [-0.2, -0.15) is 4.98 Å². The highest BCUT2D eigenvalue weighted by Gasteiger charge is 2.17. The molecule has 0 radical (unpaired) electrons. The first kappa shape index (κ1) is 17.4. The number of aromatic nitrogens is 2. The highest BCUT2D eigenvalue weighted by Crippen LogP contribution is 2.27. The Hall–Kier alpha value is -2.47. The number of carbonyl (C=O) groups is 1. The van der Waals surface area contributed by atoms with Crippen molar-refractivity contribution in [3.05, 3.63) is 53.0 Å². The van der Waals surface area contributed by atoms with E-state index in [1.54, 1.807) is 4.90 Å². The average molecular weight is 400 g/mol. The van der Waals surface area contributed by atoms with Crippen LogP contribution in [0.25, 0.3) is 22.3 Å². The molecule has 1 amide bonds. The summed E-state index contributed by atoms with van der Waals surface area (Å²) in [4.78, 5) is 23.0. The van der Waals surface area contributed by atoms with Crippen LogP contribution in [-0.2, 0) is 0 Å². The lowest BCUT2D eigenvalue weighted by atomic mass is 10.2. The molecule has 3 aromatic rings. The molecule has 5 nitrogen and oxygen atoms in total. The molecule has 3 rings (SSSR count). The standard InChI is InChI=1S/C19H18BrN3O2/c1-3-23(4-2)19(24)25-18-15-7-5-6-8-16(15)21-17(22-18)13-9-11-14(20)12-10-13/h5-12H,3-4H2,1-2H3. The summed E-state index contributed by atoms with van der Waals surface area (Å²) in [7, 11) is 0. The number of hydrogen-bond donors (Lipinski definition) is 0. The molecule has 0 saturated carbocycles. The topological polar surface area (TPSA) is 55.3 Å². The average Bonchev–Trinajstić information content (AvgIpc) is 2.63. The Morgan fingerprint density at radius 2 is 1.72 bits per heavy atom. The third-order valence-corrected chi connectivity index (χ3v) is 4.40. The first-order chi connectivity index (χ1) is 12.1. The number of ether oxygens (including phenoxy) is 1. The third-order valence-electron chi connectivity index (χ3n) is 3.88. The zero-order valence-electron chi connectivity index (χ0n) is 14.1. The van der Waals surface area contributed by atoms with E-state index in [1.807, 2.05) is 62.4 Å². The summed E-state index contributed by atoms with van der Waals surface area (Å²) in [6, 6.07) is 15.2. The number of halogens is 1. The number of carbonyl (C=O) groups excluding carboxylic acids is 1. The van der Waals surface area contributed by atoms with Crippen molar-refractivity contribution < 1.29 is 9.53 Å². The highest BCUT2D eigenvalue weighted by molar-refractivity contribution is 9.10. The zero-order chi connectivity index (χ0) is 17.8. The molecule has 2 aromatic carbocycles. The number of benzene rings is 2. The van der Waals surface area contributed by atoms with Crippen LogP contribution in [0.5, 0.6) is 5.88 Å². The van der Waals surface area contributed by atoms with E-state index < -0.39 is 6.09 Å². The zero-order valence-corrected chi connectivity index (χ0v) is 15.7. The number of fused-ring (bicyclic) bond motifs is 1. The quantitative estimate of drug-likeness (QED) is 0.625. The van der Waals surface area contributed by atoms with Gasteiger partial charge < -0.3 is 9.64 Å². The minimum Gasteiger partial charge on any atom is -0.390 e. The molecule has 0 spiro atoms. The third kappa shape index (κ3) is 3.79. The number of rotatable bonds is 4. The fourth-order valence-corrected chi connectivity index (χ4v) is 2.75. The second-order valence-corrected chi connectivity index (χ2v) is 6.33. The summed E-state index contributed by atoms with van der Waals surface area (Å²) < 4.78 is 6.56. The van der Waals surface area contributed by atoms with Crippen LogP contribution in [0.15, 0.2) is 53.0 Å². The maximum absolute atomic E-state index is 12.3. The van der Waals surface area contributed by atoms with Crippen LogP contribution in [0.4, 0.5) is 4.79 Å². The van der Waals surface area contributed by atoms with Crippen molar-refractivity contribution in [2.75, 3.05) is 13.1 Å². The van der Waals surface area contributed by atoms with Gasteiger partial charge in [0.25, 0.3) is 0 Å². The van der Waals surface area contributed by atoms with Gasteiger partial charge in [0.15, 0.2) is 5.82 Å². The van der Waals surface area contributed by atoms with E-state index in [-0.39, 0.29) is 5.88 Å². The normalized spacial score (nSPS) is 10.7. The summed E-state index contributed by atoms with van der Waals surface area (Å²) in [6.45, 7) is 4.99. The maximum Gasteiger partial charge on any atom is 0.416 e. The van der Waals surface area contributed by atoms with E-state index >= 15 is 0 Å². The molecular formula is C19H18BrN3O2. The van der Waals surface area contributed by atoms with Crippen molar-refractivity contribution in [3.63, 3.8) is 0 Å². The first-order valence-electron chi connectivity index (χ1n) is 8.11. The van der Waals surface area contributed by atoms with Gasteiger partial charge in [-0.25, -0.2) is 9.78 Å². The van der Waals surface area contributed by atoms with Gasteiger partial charge >= 0.3 is 6.09 Å². The fraction of sp³-hybridized carbons (Fsp3) is 0.211. The molecule has 0 N–H and O–H groups in total. The Labute approximate surface area is 154 Å². The Bertz CT molecular complexity index is 893. The predicted octanol–water partition coefficient (Wildman–Crippen LogP) is 4.90. The van der Waals surface area contributed by atoms with E-state index in [4.69, 9.17) is 4.74 Å². The Kier molecular flexibility index (Phi) is 5.28. The SMILES string of the molecule is CCN(CC)C(=O)Oc1nc(-c2ccc(Br)cc2)nc2ccccc12. The van der Waals surface area contributed by atoms with Gasteiger partial charge in [0.1, 0.15) is 0 Å². The van der Waals surface area contributed by atoms with Crippen molar-refractivity contribution in [1.82, 2.24) is 14.9 Å². The molecule has 0 unspecified atom stereocenters. The monoisotopic (exact) mass is 399 g/mol. The highest BCUT2D eigenvalue weighted by atomic mass is 79.9. The number of para-hydroxylation sites is 1. The fourth-order valence-electron chi connectivity index (χ4n) is 2.48. The lowest BCUT2D eigenvalue weighted by Gasteiger charge is -2.18. The second-order valence-electron chi connectivity index (χ2n) is 5.42. The second kappa shape index (κ2) is 7.61. The van der Waals surface area contributed by atoms with Gasteiger partial charge in [0, 0.05) is 23.1 Å². The number of hydrogen-bond acceptors (Lipinski definition) is 4. The molecule has 0 saturated heterocycles. The van der Waals surface area contributed by atoms with Crippen LogP contribution in [-0.4, -0.2) is 34.1 Å². The summed E-state index contributed by atoms with van der Waals surface area (Å²) in [5.41, 5.74) is 1.59. The van der Waals surface area contributed by atoms with Gasteiger partial charge in [-0.1, -0.05) is 40.2 Å². The first-order valence-corrected chi connectivity index (χ1v) is 8.91. The lowest BCUT2D eigenvalue weighted by molar-refractivity contribution is 0.156. The van der Waals surface area contributed by atoms with Crippen molar-refractivity contribution >= 4 is 32.9 Å². The molecule has 0 aliphatic heterocycles. The van der Waals surface area contributed by atoms with Crippen LogP contribution < -0.4 is 4.74 Å². The van der Waals surface area contributed by atoms with Crippen LogP contribution >= 0.6 is 15.9 Å². The molecule has 6 heteroatoms.